The summed E-state index contributed by atoms with van der Waals surface area (Å²) < 4.78 is 0.738. The summed E-state index contributed by atoms with van der Waals surface area (Å²) in [6, 6.07) is 3.60. The molecule has 1 aromatic heterocycles. The number of aromatic nitrogens is 1. The summed E-state index contributed by atoms with van der Waals surface area (Å²) in [5, 5.41) is 0. The van der Waals surface area contributed by atoms with E-state index in [1.165, 1.54) is 0 Å². The van der Waals surface area contributed by atoms with E-state index in [1.807, 2.05) is 6.07 Å². The number of anilines is 1. The Labute approximate surface area is 67.9 Å². The molecular weight excluding hydrogens is 192 g/mol. The molecule has 1 rings (SSSR count). The summed E-state index contributed by atoms with van der Waals surface area (Å²) in [5.41, 5.74) is 6.36. The third-order valence-corrected chi connectivity index (χ3v) is 1.75. The highest BCUT2D eigenvalue weighted by Crippen LogP contribution is 2.15. The second-order valence-corrected chi connectivity index (χ2v) is 2.57. The van der Waals surface area contributed by atoms with Gasteiger partial charge in [-0.3, -0.25) is 0 Å². The van der Waals surface area contributed by atoms with Crippen molar-refractivity contribution < 1.29 is 0 Å². The van der Waals surface area contributed by atoms with Crippen LogP contribution < -0.4 is 5.73 Å². The molecule has 2 nitrogen and oxygen atoms in total. The second kappa shape index (κ2) is 2.84. The molecule has 0 aliphatic rings. The van der Waals surface area contributed by atoms with E-state index >= 15 is 0 Å². The predicted molar refractivity (Wildman–Crippen MR) is 46.4 cm³/mol. The standard InChI is InChI=1S/C7H7BrN2/c1-2-5-3-4-6(9)10-7(5)8/h2-4H,1H2,(H2,9,10). The lowest BCUT2D eigenvalue weighted by Crippen LogP contribution is -1.90. The van der Waals surface area contributed by atoms with Crippen molar-refractivity contribution in [2.75, 3.05) is 5.73 Å². The van der Waals surface area contributed by atoms with Crippen molar-refractivity contribution in [2.24, 2.45) is 0 Å². The van der Waals surface area contributed by atoms with Gasteiger partial charge in [0, 0.05) is 5.56 Å². The molecule has 1 aromatic rings. The van der Waals surface area contributed by atoms with Crippen molar-refractivity contribution in [1.82, 2.24) is 4.98 Å². The minimum atomic E-state index is 0.512. The Balaban J connectivity index is 3.19. The minimum Gasteiger partial charge on any atom is -0.384 e. The highest BCUT2D eigenvalue weighted by atomic mass is 79.9. The molecule has 0 fully saturated rings. The van der Waals surface area contributed by atoms with Gasteiger partial charge in [0.05, 0.1) is 0 Å². The van der Waals surface area contributed by atoms with Crippen LogP contribution in [-0.2, 0) is 0 Å². The van der Waals surface area contributed by atoms with Gasteiger partial charge in [-0.05, 0) is 28.1 Å². The number of nitrogens with two attached hydrogens (primary N) is 1. The van der Waals surface area contributed by atoms with Gasteiger partial charge in [-0.1, -0.05) is 12.7 Å². The summed E-state index contributed by atoms with van der Waals surface area (Å²) in [5.74, 6) is 0.512. The Morgan fingerprint density at radius 1 is 1.60 bits per heavy atom. The SMILES string of the molecule is C=Cc1ccc(N)nc1Br. The average Bonchev–Trinajstić information content (AvgIpc) is 1.88. The molecule has 0 amide bonds. The fourth-order valence-corrected chi connectivity index (χ4v) is 1.11. The molecule has 0 aliphatic carbocycles. The maximum absolute atomic E-state index is 5.41. The molecule has 0 spiro atoms. The molecule has 0 bridgehead atoms. The van der Waals surface area contributed by atoms with Gasteiger partial charge in [0.15, 0.2) is 0 Å². The Hall–Kier alpha value is -0.830. The Kier molecular flexibility index (Phi) is 2.06. The van der Waals surface area contributed by atoms with E-state index in [0.717, 1.165) is 10.2 Å². The van der Waals surface area contributed by atoms with Gasteiger partial charge in [0.1, 0.15) is 10.4 Å². The van der Waals surface area contributed by atoms with Gasteiger partial charge >= 0.3 is 0 Å². The molecule has 52 valence electrons. The third-order valence-electron chi connectivity index (χ3n) is 1.12. The number of rotatable bonds is 1. The van der Waals surface area contributed by atoms with Crippen LogP contribution in [0.5, 0.6) is 0 Å². The molecular formula is C7H7BrN2. The average molecular weight is 199 g/mol. The van der Waals surface area contributed by atoms with Crippen molar-refractivity contribution in [3.05, 3.63) is 28.9 Å². The summed E-state index contributed by atoms with van der Waals surface area (Å²) in [7, 11) is 0. The van der Waals surface area contributed by atoms with Gasteiger partial charge < -0.3 is 5.73 Å². The van der Waals surface area contributed by atoms with Crippen LogP contribution in [0.25, 0.3) is 6.08 Å². The van der Waals surface area contributed by atoms with E-state index < -0.39 is 0 Å². The van der Waals surface area contributed by atoms with Crippen molar-refractivity contribution in [1.29, 1.82) is 0 Å². The van der Waals surface area contributed by atoms with Crippen molar-refractivity contribution in [3.8, 4) is 0 Å². The molecule has 0 atom stereocenters. The van der Waals surface area contributed by atoms with Crippen molar-refractivity contribution in [2.45, 2.75) is 0 Å². The zero-order valence-corrected chi connectivity index (χ0v) is 6.93. The fourth-order valence-electron chi connectivity index (χ4n) is 0.611. The molecule has 2 N–H and O–H groups in total. The maximum atomic E-state index is 5.41. The zero-order chi connectivity index (χ0) is 7.56. The summed E-state index contributed by atoms with van der Waals surface area (Å²) in [4.78, 5) is 3.97. The number of hydrogen-bond donors (Lipinski definition) is 1. The number of halogens is 1. The van der Waals surface area contributed by atoms with Crippen molar-refractivity contribution >= 4 is 27.8 Å². The maximum Gasteiger partial charge on any atom is 0.124 e. The first kappa shape index (κ1) is 7.28. The van der Waals surface area contributed by atoms with E-state index in [1.54, 1.807) is 12.1 Å². The smallest absolute Gasteiger partial charge is 0.124 e. The van der Waals surface area contributed by atoms with Crippen LogP contribution in [0, 0.1) is 0 Å². The molecule has 0 saturated heterocycles. The van der Waals surface area contributed by atoms with E-state index in [0.29, 0.717) is 5.82 Å². The quantitative estimate of drug-likeness (QED) is 0.703. The lowest BCUT2D eigenvalue weighted by molar-refractivity contribution is 1.27. The summed E-state index contributed by atoms with van der Waals surface area (Å²) in [6.45, 7) is 3.61. The number of pyridine rings is 1. The zero-order valence-electron chi connectivity index (χ0n) is 5.34. The normalized spacial score (nSPS) is 9.30. The van der Waals surface area contributed by atoms with E-state index in [4.69, 9.17) is 5.73 Å². The number of nitrogens with zero attached hydrogens (tertiary/aromatic N) is 1. The first-order valence-electron chi connectivity index (χ1n) is 2.78. The molecule has 1 heterocycles. The van der Waals surface area contributed by atoms with Crippen LogP contribution in [0.15, 0.2) is 23.3 Å². The Bertz CT molecular complexity index is 258. The molecule has 0 saturated carbocycles. The minimum absolute atomic E-state index is 0.512. The fraction of sp³-hybridized carbons (Fsp3) is 0. The molecule has 10 heavy (non-hydrogen) atoms. The summed E-state index contributed by atoms with van der Waals surface area (Å²) in [6.07, 6.45) is 1.72. The largest absolute Gasteiger partial charge is 0.384 e. The third kappa shape index (κ3) is 1.36. The Morgan fingerprint density at radius 3 is 2.80 bits per heavy atom. The van der Waals surface area contributed by atoms with Gasteiger partial charge in [-0.2, -0.15) is 0 Å². The van der Waals surface area contributed by atoms with Crippen molar-refractivity contribution in [3.63, 3.8) is 0 Å². The summed E-state index contributed by atoms with van der Waals surface area (Å²) >= 11 is 3.24. The first-order valence-corrected chi connectivity index (χ1v) is 3.58. The highest BCUT2D eigenvalue weighted by molar-refractivity contribution is 9.10. The van der Waals surface area contributed by atoms with Gasteiger partial charge in [0.25, 0.3) is 0 Å². The molecule has 3 heteroatoms. The molecule has 0 unspecified atom stereocenters. The van der Waals surface area contributed by atoms with Crippen LogP contribution in [0.1, 0.15) is 5.56 Å². The van der Waals surface area contributed by atoms with Gasteiger partial charge in [0.2, 0.25) is 0 Å². The van der Waals surface area contributed by atoms with Crippen LogP contribution in [0.2, 0.25) is 0 Å². The first-order chi connectivity index (χ1) is 4.74. The second-order valence-electron chi connectivity index (χ2n) is 1.82. The highest BCUT2D eigenvalue weighted by Gasteiger charge is 1.95. The van der Waals surface area contributed by atoms with Crippen LogP contribution >= 0.6 is 15.9 Å². The van der Waals surface area contributed by atoms with Crippen LogP contribution in [0.4, 0.5) is 5.82 Å². The molecule has 0 aliphatic heterocycles. The van der Waals surface area contributed by atoms with Crippen LogP contribution in [0.3, 0.4) is 0 Å². The molecule has 0 radical (unpaired) electrons. The van der Waals surface area contributed by atoms with E-state index in [-0.39, 0.29) is 0 Å². The van der Waals surface area contributed by atoms with Gasteiger partial charge in [-0.15, -0.1) is 0 Å². The monoisotopic (exact) mass is 198 g/mol. The van der Waals surface area contributed by atoms with Gasteiger partial charge in [-0.25, -0.2) is 4.98 Å². The topological polar surface area (TPSA) is 38.9 Å². The van der Waals surface area contributed by atoms with E-state index in [9.17, 15) is 0 Å². The molecule has 0 aromatic carbocycles. The Morgan fingerprint density at radius 2 is 2.30 bits per heavy atom. The predicted octanol–water partition coefficient (Wildman–Crippen LogP) is 2.07. The number of hydrogen-bond acceptors (Lipinski definition) is 2. The van der Waals surface area contributed by atoms with Crippen LogP contribution in [-0.4, -0.2) is 4.98 Å². The lowest BCUT2D eigenvalue weighted by atomic mass is 10.3. The lowest BCUT2D eigenvalue weighted by Gasteiger charge is -1.96. The van der Waals surface area contributed by atoms with E-state index in [2.05, 4.69) is 27.5 Å². The number of nitrogen functional groups attached to an aromatic ring is 1.